The second-order valence-corrected chi connectivity index (χ2v) is 5.98. The second-order valence-electron chi connectivity index (χ2n) is 5.98. The number of amides is 2. The number of Topliss-reactive ketones (excluding diaryl/α,β-unsaturated/α-hetero) is 1. The smallest absolute Gasteiger partial charge is 0.299 e. The van der Waals surface area contributed by atoms with Crippen molar-refractivity contribution in [2.24, 2.45) is 11.3 Å². The molecule has 21 heavy (non-hydrogen) atoms. The van der Waals surface area contributed by atoms with Crippen molar-refractivity contribution in [1.29, 1.82) is 0 Å². The van der Waals surface area contributed by atoms with Crippen molar-refractivity contribution in [3.8, 4) is 0 Å². The highest BCUT2D eigenvalue weighted by Crippen LogP contribution is 2.36. The van der Waals surface area contributed by atoms with Crippen LogP contribution in [0.4, 0.5) is 5.69 Å². The Morgan fingerprint density at radius 3 is 2.48 bits per heavy atom. The Bertz CT molecular complexity index is 650. The summed E-state index contributed by atoms with van der Waals surface area (Å²) < 4.78 is 0. The van der Waals surface area contributed by atoms with Crippen LogP contribution in [0.2, 0.25) is 0 Å². The second kappa shape index (κ2) is 4.96. The number of anilines is 1. The molecule has 2 rings (SSSR count). The summed E-state index contributed by atoms with van der Waals surface area (Å²) in [4.78, 5) is 37.5. The number of benzene rings is 1. The van der Waals surface area contributed by atoms with Gasteiger partial charge in [-0.15, -0.1) is 0 Å². The SMILES string of the molecule is Cc1ccc2c(c1C)N(CC(C)(C)C(=O)NN)C(=O)C2=O. The van der Waals surface area contributed by atoms with Gasteiger partial charge in [0.2, 0.25) is 5.91 Å². The lowest BCUT2D eigenvalue weighted by Crippen LogP contribution is -2.48. The summed E-state index contributed by atoms with van der Waals surface area (Å²) in [5.41, 5.74) is 4.05. The Hall–Kier alpha value is -2.21. The lowest BCUT2D eigenvalue weighted by atomic mass is 9.91. The van der Waals surface area contributed by atoms with E-state index in [1.165, 1.54) is 4.90 Å². The highest BCUT2D eigenvalue weighted by molar-refractivity contribution is 6.52. The molecule has 6 nitrogen and oxygen atoms in total. The highest BCUT2D eigenvalue weighted by Gasteiger charge is 2.41. The van der Waals surface area contributed by atoms with Crippen LogP contribution in [0, 0.1) is 19.3 Å². The summed E-state index contributed by atoms with van der Waals surface area (Å²) in [6.45, 7) is 7.23. The number of nitrogens with zero attached hydrogens (tertiary/aromatic N) is 1. The van der Waals surface area contributed by atoms with Crippen molar-refractivity contribution in [2.75, 3.05) is 11.4 Å². The van der Waals surface area contributed by atoms with Crippen LogP contribution < -0.4 is 16.2 Å². The van der Waals surface area contributed by atoms with Crippen LogP contribution >= 0.6 is 0 Å². The minimum Gasteiger partial charge on any atom is -0.303 e. The van der Waals surface area contributed by atoms with Crippen molar-refractivity contribution < 1.29 is 14.4 Å². The normalized spacial score (nSPS) is 14.4. The van der Waals surface area contributed by atoms with Crippen molar-refractivity contribution in [1.82, 2.24) is 5.43 Å². The molecule has 0 bridgehead atoms. The molecule has 1 aromatic rings. The molecule has 0 aliphatic carbocycles. The van der Waals surface area contributed by atoms with Gasteiger partial charge in [0.05, 0.1) is 16.7 Å². The first-order valence-electron chi connectivity index (χ1n) is 6.68. The van der Waals surface area contributed by atoms with E-state index < -0.39 is 17.1 Å². The number of fused-ring (bicyclic) bond motifs is 1. The number of carbonyl (C=O) groups is 3. The van der Waals surface area contributed by atoms with Gasteiger partial charge in [-0.2, -0.15) is 0 Å². The maximum absolute atomic E-state index is 12.2. The van der Waals surface area contributed by atoms with E-state index in [9.17, 15) is 14.4 Å². The largest absolute Gasteiger partial charge is 0.303 e. The average Bonchev–Trinajstić information content (AvgIpc) is 2.67. The molecule has 0 unspecified atom stereocenters. The van der Waals surface area contributed by atoms with Gasteiger partial charge in [-0.1, -0.05) is 6.07 Å². The minimum atomic E-state index is -0.900. The highest BCUT2D eigenvalue weighted by atomic mass is 16.2. The first kappa shape index (κ1) is 15.2. The standard InChI is InChI=1S/C15H19N3O3/c1-8-5-6-10-11(9(8)2)18(13(20)12(10)19)7-15(3,4)14(21)17-16/h5-6H,7,16H2,1-4H3,(H,17,21). The number of nitrogens with two attached hydrogens (primary N) is 1. The number of hydrazine groups is 1. The molecule has 112 valence electrons. The maximum Gasteiger partial charge on any atom is 0.299 e. The van der Waals surface area contributed by atoms with Crippen LogP contribution in [0.3, 0.4) is 0 Å². The molecule has 0 radical (unpaired) electrons. The predicted octanol–water partition coefficient (Wildman–Crippen LogP) is 0.849. The zero-order valence-corrected chi connectivity index (χ0v) is 12.6. The summed E-state index contributed by atoms with van der Waals surface area (Å²) in [6.07, 6.45) is 0. The lowest BCUT2D eigenvalue weighted by Gasteiger charge is -2.29. The summed E-state index contributed by atoms with van der Waals surface area (Å²) in [5.74, 6) is 3.65. The molecule has 0 fully saturated rings. The van der Waals surface area contributed by atoms with E-state index in [1.807, 2.05) is 19.9 Å². The van der Waals surface area contributed by atoms with Gasteiger partial charge >= 0.3 is 0 Å². The zero-order valence-electron chi connectivity index (χ0n) is 12.6. The Morgan fingerprint density at radius 2 is 1.90 bits per heavy atom. The Morgan fingerprint density at radius 1 is 1.29 bits per heavy atom. The maximum atomic E-state index is 12.2. The van der Waals surface area contributed by atoms with E-state index in [0.717, 1.165) is 11.1 Å². The van der Waals surface area contributed by atoms with E-state index in [-0.39, 0.29) is 12.5 Å². The Kier molecular flexibility index (Phi) is 3.59. The number of carbonyl (C=O) groups excluding carboxylic acids is 3. The molecule has 0 saturated heterocycles. The molecule has 0 spiro atoms. The fourth-order valence-electron chi connectivity index (χ4n) is 2.48. The number of ketones is 1. The van der Waals surface area contributed by atoms with E-state index >= 15 is 0 Å². The molecule has 1 aliphatic rings. The van der Waals surface area contributed by atoms with E-state index in [0.29, 0.717) is 11.3 Å². The molecule has 1 aliphatic heterocycles. The van der Waals surface area contributed by atoms with Gasteiger partial charge in [-0.05, 0) is 44.9 Å². The Balaban J connectivity index is 2.49. The Labute approximate surface area is 123 Å². The van der Waals surface area contributed by atoms with Crippen LogP contribution in [0.15, 0.2) is 12.1 Å². The molecular formula is C15H19N3O3. The lowest BCUT2D eigenvalue weighted by molar-refractivity contribution is -0.129. The van der Waals surface area contributed by atoms with Gasteiger partial charge in [-0.3, -0.25) is 19.8 Å². The van der Waals surface area contributed by atoms with E-state index in [2.05, 4.69) is 5.43 Å². The van der Waals surface area contributed by atoms with Crippen LogP contribution in [0.5, 0.6) is 0 Å². The first-order chi connectivity index (χ1) is 9.70. The number of aryl methyl sites for hydroxylation is 1. The van der Waals surface area contributed by atoms with Gasteiger partial charge in [0.15, 0.2) is 0 Å². The zero-order chi connectivity index (χ0) is 15.9. The van der Waals surface area contributed by atoms with Crippen LogP contribution in [-0.2, 0) is 9.59 Å². The fourth-order valence-corrected chi connectivity index (χ4v) is 2.48. The summed E-state index contributed by atoms with van der Waals surface area (Å²) >= 11 is 0. The van der Waals surface area contributed by atoms with Crippen LogP contribution in [-0.4, -0.2) is 24.1 Å². The van der Waals surface area contributed by atoms with Crippen molar-refractivity contribution in [3.63, 3.8) is 0 Å². The number of hydrogen-bond donors (Lipinski definition) is 2. The van der Waals surface area contributed by atoms with Crippen molar-refractivity contribution >= 4 is 23.3 Å². The van der Waals surface area contributed by atoms with Gasteiger partial charge in [0.25, 0.3) is 11.7 Å². The van der Waals surface area contributed by atoms with Crippen LogP contribution in [0.1, 0.15) is 35.3 Å². The molecule has 0 saturated carbocycles. The van der Waals surface area contributed by atoms with Gasteiger partial charge in [0.1, 0.15) is 0 Å². The third-order valence-electron chi connectivity index (χ3n) is 3.95. The number of hydrogen-bond acceptors (Lipinski definition) is 4. The molecule has 0 aromatic heterocycles. The molecule has 6 heteroatoms. The molecule has 1 heterocycles. The van der Waals surface area contributed by atoms with Crippen molar-refractivity contribution in [3.05, 3.63) is 28.8 Å². The monoisotopic (exact) mass is 289 g/mol. The molecule has 1 aromatic carbocycles. The third kappa shape index (κ3) is 2.31. The van der Waals surface area contributed by atoms with Gasteiger partial charge in [-0.25, -0.2) is 5.84 Å². The third-order valence-corrected chi connectivity index (χ3v) is 3.95. The summed E-state index contributed by atoms with van der Waals surface area (Å²) in [5, 5.41) is 0. The molecule has 0 atom stereocenters. The average molecular weight is 289 g/mol. The van der Waals surface area contributed by atoms with E-state index in [1.54, 1.807) is 19.9 Å². The van der Waals surface area contributed by atoms with Crippen LogP contribution in [0.25, 0.3) is 0 Å². The topological polar surface area (TPSA) is 92.5 Å². The van der Waals surface area contributed by atoms with E-state index in [4.69, 9.17) is 5.84 Å². The molecule has 2 amide bonds. The van der Waals surface area contributed by atoms with Gasteiger partial charge in [0, 0.05) is 6.54 Å². The summed E-state index contributed by atoms with van der Waals surface area (Å²) in [6, 6.07) is 3.48. The van der Waals surface area contributed by atoms with Gasteiger partial charge < -0.3 is 4.90 Å². The quantitative estimate of drug-likeness (QED) is 0.373. The fraction of sp³-hybridized carbons (Fsp3) is 0.400. The minimum absolute atomic E-state index is 0.0951. The van der Waals surface area contributed by atoms with Crippen molar-refractivity contribution in [2.45, 2.75) is 27.7 Å². The predicted molar refractivity (Wildman–Crippen MR) is 78.7 cm³/mol. The molecular weight excluding hydrogens is 270 g/mol. The number of rotatable bonds is 3. The first-order valence-corrected chi connectivity index (χ1v) is 6.68. The molecule has 3 N–H and O–H groups in total. The summed E-state index contributed by atoms with van der Waals surface area (Å²) in [7, 11) is 0. The number of nitrogens with one attached hydrogen (secondary N) is 1.